The van der Waals surface area contributed by atoms with Crippen molar-refractivity contribution in [3.8, 4) is 23.0 Å². The van der Waals surface area contributed by atoms with E-state index in [-0.39, 0.29) is 0 Å². The van der Waals surface area contributed by atoms with E-state index in [1.165, 1.54) is 0 Å². The first-order chi connectivity index (χ1) is 24.6. The number of rotatable bonds is 2. The van der Waals surface area contributed by atoms with Crippen molar-refractivity contribution in [2.45, 2.75) is 13.8 Å². The molecule has 0 fully saturated rings. The number of halogens is 2. The molecule has 50 heavy (non-hydrogen) atoms. The first-order valence-corrected chi connectivity index (χ1v) is 19.3. The summed E-state index contributed by atoms with van der Waals surface area (Å²) in [6, 6.07) is 12.8. The van der Waals surface area contributed by atoms with Crippen molar-refractivity contribution in [3.63, 3.8) is 0 Å². The molecule has 288 valence electrons. The Bertz CT molecular complexity index is 1130. The number of nitrogens with zero attached hydrogens (tertiary/aromatic N) is 2. The van der Waals surface area contributed by atoms with Gasteiger partial charge in [-0.25, -0.2) is 0 Å². The fourth-order valence-electron chi connectivity index (χ4n) is 3.82. The molecule has 4 rings (SSSR count). The molecule has 2 aromatic carbocycles. The molecular formula is C32H44Cl2N2O12Pd2. The molecule has 0 atom stereocenters. The van der Waals surface area contributed by atoms with Crippen molar-refractivity contribution in [3.05, 3.63) is 47.5 Å². The van der Waals surface area contributed by atoms with Gasteiger partial charge in [0, 0.05) is 11.4 Å². The first kappa shape index (κ1) is 46.3. The van der Waals surface area contributed by atoms with Gasteiger partial charge in [-0.2, -0.15) is 0 Å². The summed E-state index contributed by atoms with van der Waals surface area (Å²) in [5, 5.41) is 24.1. The van der Waals surface area contributed by atoms with E-state index in [1.807, 2.05) is 0 Å². The maximum absolute atomic E-state index is 8.88. The van der Waals surface area contributed by atoms with Crippen LogP contribution in [-0.4, -0.2) is 128 Å². The Morgan fingerprint density at radius 1 is 0.480 bits per heavy atom. The Hall–Kier alpha value is -1.76. The molecule has 18 heteroatoms. The molecule has 0 saturated carbocycles. The average molecular weight is 932 g/mol. The summed E-state index contributed by atoms with van der Waals surface area (Å²) in [6.07, 6.45) is 0. The van der Waals surface area contributed by atoms with Crippen molar-refractivity contribution < 1.29 is 94.1 Å². The maximum atomic E-state index is 8.88. The van der Waals surface area contributed by atoms with Gasteiger partial charge in [0.1, 0.15) is 13.2 Å². The minimum atomic E-state index is 0.381. The zero-order valence-corrected chi connectivity index (χ0v) is 32.5. The molecule has 2 N–H and O–H groups in total. The summed E-state index contributed by atoms with van der Waals surface area (Å²) in [4.78, 5) is 0. The second kappa shape index (κ2) is 31.9. The van der Waals surface area contributed by atoms with E-state index < -0.39 is 0 Å². The summed E-state index contributed by atoms with van der Waals surface area (Å²) in [5.41, 5.74) is 2.17. The Balaban J connectivity index is 0.000000455. The van der Waals surface area contributed by atoms with E-state index in [0.717, 1.165) is 0 Å². The molecule has 2 aromatic rings. The van der Waals surface area contributed by atoms with Gasteiger partial charge in [0.15, 0.2) is 0 Å². The van der Waals surface area contributed by atoms with Crippen LogP contribution in [0.1, 0.15) is 25.0 Å². The third-order valence-corrected chi connectivity index (χ3v) is 6.26. The summed E-state index contributed by atoms with van der Waals surface area (Å²) in [6.45, 7) is 10.9. The van der Waals surface area contributed by atoms with Crippen LogP contribution in [0.15, 0.2) is 34.6 Å². The van der Waals surface area contributed by atoms with E-state index in [2.05, 4.69) is 77.9 Å². The zero-order chi connectivity index (χ0) is 36.7. The summed E-state index contributed by atoms with van der Waals surface area (Å²) < 4.78 is 55.1. The molecular weight excluding hydrogens is 888 g/mol. The van der Waals surface area contributed by atoms with Gasteiger partial charge >= 0.3 is 55.4 Å². The number of oxime groups is 2. The predicted molar refractivity (Wildman–Crippen MR) is 177 cm³/mol. The molecule has 2 heterocycles. The Kier molecular flexibility index (Phi) is 29.6. The van der Waals surface area contributed by atoms with E-state index in [4.69, 9.17) is 57.8 Å². The predicted octanol–water partition coefficient (Wildman–Crippen LogP) is 4.39. The second-order valence-electron chi connectivity index (χ2n) is 9.59. The van der Waals surface area contributed by atoms with Crippen LogP contribution in [0.25, 0.3) is 0 Å². The van der Waals surface area contributed by atoms with Crippen LogP contribution in [0.2, 0.25) is 0 Å². The molecule has 0 aliphatic carbocycles. The van der Waals surface area contributed by atoms with Gasteiger partial charge in [-0.3, -0.25) is 0 Å². The molecule has 2 aliphatic heterocycles. The standard InChI is InChI=1S/2C16H22NO6.2ClH.2Pd/c2*1-13(17-18)14-2-3-15-16(12-14)23-11-9-21-7-5-19-4-6-20-8-10-22-15;;;;/h2*3,12,18H,4-11H2,1H3;2*1H;;/q2*-1;;;2*+2/p-2/b2*17-13+;;;;. The van der Waals surface area contributed by atoms with E-state index in [0.29, 0.717) is 151 Å². The number of benzene rings is 2. The van der Waals surface area contributed by atoms with Crippen LogP contribution in [0.4, 0.5) is 0 Å². The number of ether oxygens (including phenoxy) is 10. The molecule has 0 radical (unpaired) electrons. The molecule has 0 unspecified atom stereocenters. The van der Waals surface area contributed by atoms with Gasteiger partial charge in [0.2, 0.25) is 0 Å². The fraction of sp³-hybridized carbons (Fsp3) is 0.562. The van der Waals surface area contributed by atoms with Crippen molar-refractivity contribution in [2.24, 2.45) is 10.3 Å². The Labute approximate surface area is 323 Å². The van der Waals surface area contributed by atoms with Crippen molar-refractivity contribution >= 4 is 30.5 Å². The normalized spacial score (nSPS) is 17.5. The Morgan fingerprint density at radius 2 is 0.720 bits per heavy atom. The third kappa shape index (κ3) is 20.3. The third-order valence-electron chi connectivity index (χ3n) is 6.26. The van der Waals surface area contributed by atoms with Crippen LogP contribution < -0.4 is 18.9 Å². The second-order valence-corrected chi connectivity index (χ2v) is 9.59. The van der Waals surface area contributed by atoms with Crippen molar-refractivity contribution in [2.75, 3.05) is 106 Å². The van der Waals surface area contributed by atoms with Gasteiger partial charge in [-0.15, -0.1) is 45.7 Å². The SMILES string of the molecule is C/C(=N\O)c1[c-]cc2c(c1)OCCOCCOCCOCCO2.C/C(=N\O)c1[c-]cc2c(c1)OCCOCCOCCOCCO2.[Cl][Pd+].[Cl][Pd+]. The van der Waals surface area contributed by atoms with Gasteiger partial charge in [-0.05, 0) is 0 Å². The van der Waals surface area contributed by atoms with E-state index in [9.17, 15) is 0 Å². The fourth-order valence-corrected chi connectivity index (χ4v) is 3.82. The number of hydrogen-bond acceptors (Lipinski definition) is 14. The molecule has 0 spiro atoms. The van der Waals surface area contributed by atoms with Gasteiger partial charge in [-0.1, -0.05) is 26.0 Å². The van der Waals surface area contributed by atoms with Crippen LogP contribution in [0.5, 0.6) is 23.0 Å². The van der Waals surface area contributed by atoms with Crippen LogP contribution >= 0.6 is 19.1 Å². The van der Waals surface area contributed by atoms with E-state index >= 15 is 0 Å². The summed E-state index contributed by atoms with van der Waals surface area (Å²) in [5.74, 6) is 2.23. The minimum absolute atomic E-state index is 0.381. The molecule has 14 nitrogen and oxygen atoms in total. The van der Waals surface area contributed by atoms with Crippen molar-refractivity contribution in [1.82, 2.24) is 0 Å². The monoisotopic (exact) mass is 930 g/mol. The number of fused-ring (bicyclic) bond motifs is 2. The average Bonchev–Trinajstić information content (AvgIpc) is 3.18. The zero-order valence-electron chi connectivity index (χ0n) is 27.9. The van der Waals surface area contributed by atoms with Crippen LogP contribution in [-0.2, 0) is 64.8 Å². The van der Waals surface area contributed by atoms with Gasteiger partial charge in [0.05, 0.1) is 115 Å². The Morgan fingerprint density at radius 3 is 0.980 bits per heavy atom. The van der Waals surface area contributed by atoms with E-state index in [1.54, 1.807) is 38.1 Å². The molecule has 0 saturated heterocycles. The van der Waals surface area contributed by atoms with Gasteiger partial charge in [0.25, 0.3) is 0 Å². The molecule has 0 bridgehead atoms. The summed E-state index contributed by atoms with van der Waals surface area (Å²) >= 11 is 4.44. The quantitative estimate of drug-likeness (QED) is 0.144. The summed E-state index contributed by atoms with van der Waals surface area (Å²) in [7, 11) is 8.98. The number of hydrogen-bond donors (Lipinski definition) is 2. The van der Waals surface area contributed by atoms with Crippen LogP contribution in [0.3, 0.4) is 0 Å². The first-order valence-electron chi connectivity index (χ1n) is 15.3. The van der Waals surface area contributed by atoms with Crippen molar-refractivity contribution in [1.29, 1.82) is 0 Å². The van der Waals surface area contributed by atoms with Gasteiger partial charge < -0.3 is 57.8 Å². The topological polar surface area (TPSA) is 157 Å². The van der Waals surface area contributed by atoms with Crippen LogP contribution in [0, 0.1) is 12.1 Å². The molecule has 2 aliphatic rings. The molecule has 0 aromatic heterocycles. The molecule has 0 amide bonds.